The van der Waals surface area contributed by atoms with Crippen LogP contribution in [0.4, 0.5) is 0 Å². The molecule has 24 heavy (non-hydrogen) atoms. The van der Waals surface area contributed by atoms with Gasteiger partial charge in [-0.25, -0.2) is 4.79 Å². The molecule has 1 aliphatic heterocycles. The fourth-order valence-electron chi connectivity index (χ4n) is 2.42. The summed E-state index contributed by atoms with van der Waals surface area (Å²) in [6.45, 7) is 1.68. The van der Waals surface area contributed by atoms with Crippen molar-refractivity contribution < 1.29 is 24.2 Å². The van der Waals surface area contributed by atoms with Gasteiger partial charge in [-0.15, -0.1) is 11.8 Å². The number of para-hydroxylation sites is 2. The average Bonchev–Trinajstić information content (AvgIpc) is 2.96. The van der Waals surface area contributed by atoms with E-state index in [4.69, 9.17) is 21.7 Å². The monoisotopic (exact) mass is 369 g/mol. The molecule has 1 heterocycles. The number of thiocarbonyl (C=S) groups is 1. The lowest BCUT2D eigenvalue weighted by atomic mass is 10.2. The summed E-state index contributed by atoms with van der Waals surface area (Å²) in [6, 6.07) is 6.50. The van der Waals surface area contributed by atoms with Gasteiger partial charge in [0.1, 0.15) is 23.8 Å². The number of carbonyl (C=O) groups is 2. The van der Waals surface area contributed by atoms with Gasteiger partial charge in [0.2, 0.25) is 0 Å². The third-order valence-corrected chi connectivity index (χ3v) is 5.13. The highest BCUT2D eigenvalue weighted by molar-refractivity contribution is 8.00. The number of Topliss-reactive ketones (excluding diaryl/α,β-unsaturated/α-hetero) is 1. The molecule has 0 aliphatic carbocycles. The largest absolute Gasteiger partial charge is 0.493 e. The van der Waals surface area contributed by atoms with Gasteiger partial charge in [0.25, 0.3) is 0 Å². The van der Waals surface area contributed by atoms with Crippen LogP contribution in [0.3, 0.4) is 0 Å². The van der Waals surface area contributed by atoms with Crippen LogP contribution in [0.5, 0.6) is 11.5 Å². The summed E-state index contributed by atoms with van der Waals surface area (Å²) in [5.74, 6) is 0.538. The Balaban J connectivity index is 2.11. The van der Waals surface area contributed by atoms with E-state index in [1.54, 1.807) is 24.1 Å². The van der Waals surface area contributed by atoms with E-state index in [1.807, 2.05) is 12.1 Å². The van der Waals surface area contributed by atoms with Crippen molar-refractivity contribution in [2.45, 2.75) is 24.8 Å². The molecule has 1 fully saturated rings. The smallest absolute Gasteiger partial charge is 0.327 e. The Labute approximate surface area is 150 Å². The number of rotatable bonds is 7. The normalized spacial score (nSPS) is 19.8. The fourth-order valence-corrected chi connectivity index (χ4v) is 4.25. The number of hydrogen-bond donors (Lipinski definition) is 1. The molecule has 8 heteroatoms. The summed E-state index contributed by atoms with van der Waals surface area (Å²) in [7, 11) is 1.56. The van der Waals surface area contributed by atoms with Crippen molar-refractivity contribution in [2.75, 3.05) is 19.5 Å². The molecule has 6 nitrogen and oxygen atoms in total. The maximum absolute atomic E-state index is 11.5. The summed E-state index contributed by atoms with van der Waals surface area (Å²) in [4.78, 5) is 24.8. The van der Waals surface area contributed by atoms with Crippen molar-refractivity contribution in [2.24, 2.45) is 0 Å². The lowest BCUT2D eigenvalue weighted by Crippen LogP contribution is -2.47. The fraction of sp³-hybridized carbons (Fsp3) is 0.438. The minimum Gasteiger partial charge on any atom is -0.493 e. The zero-order chi connectivity index (χ0) is 17.7. The molecule has 0 spiro atoms. The zero-order valence-electron chi connectivity index (χ0n) is 13.4. The molecule has 1 saturated heterocycles. The molecule has 0 aromatic heterocycles. The molecule has 0 bridgehead atoms. The number of benzene rings is 1. The molecule has 2 rings (SSSR count). The summed E-state index contributed by atoms with van der Waals surface area (Å²) in [5, 5.41) is 9.13. The number of carboxylic acid groups (broad SMARTS) is 1. The third-order valence-electron chi connectivity index (χ3n) is 3.52. The number of aliphatic carboxylic acids is 1. The highest BCUT2D eigenvalue weighted by Crippen LogP contribution is 2.33. The number of ether oxygens (including phenoxy) is 2. The molecule has 0 saturated carbocycles. The van der Waals surface area contributed by atoms with Crippen LogP contribution in [0, 0.1) is 0 Å². The van der Waals surface area contributed by atoms with E-state index < -0.39 is 12.0 Å². The minimum absolute atomic E-state index is 0.0603. The summed E-state index contributed by atoms with van der Waals surface area (Å²) in [6.07, 6.45) is 0.0603. The molecule has 1 aromatic carbocycles. The lowest BCUT2D eigenvalue weighted by Gasteiger charge is -2.29. The SMILES string of the molecule is COc1ccccc1OCC1SCC(C(=O)O)N1C(=S)CC(C)=O. The van der Waals surface area contributed by atoms with Crippen molar-refractivity contribution >= 4 is 40.7 Å². The molecule has 1 aromatic rings. The van der Waals surface area contributed by atoms with Crippen LogP contribution in [0.1, 0.15) is 13.3 Å². The second kappa shape index (κ2) is 8.34. The number of hydrogen-bond acceptors (Lipinski definition) is 6. The topological polar surface area (TPSA) is 76.1 Å². The molecule has 0 radical (unpaired) electrons. The lowest BCUT2D eigenvalue weighted by molar-refractivity contribution is -0.141. The highest BCUT2D eigenvalue weighted by Gasteiger charge is 2.40. The summed E-state index contributed by atoms with van der Waals surface area (Å²) in [5.41, 5.74) is 0. The Bertz CT molecular complexity index is 637. The van der Waals surface area contributed by atoms with Crippen LogP contribution >= 0.6 is 24.0 Å². The Kier molecular flexibility index (Phi) is 6.44. The molecule has 1 N–H and O–H groups in total. The molecular weight excluding hydrogens is 350 g/mol. The maximum atomic E-state index is 11.5. The van der Waals surface area contributed by atoms with Gasteiger partial charge in [0.15, 0.2) is 11.5 Å². The Morgan fingerprint density at radius 1 is 1.38 bits per heavy atom. The second-order valence-corrected chi connectivity index (χ2v) is 6.97. The van der Waals surface area contributed by atoms with E-state index in [1.165, 1.54) is 18.7 Å². The van der Waals surface area contributed by atoms with Crippen LogP contribution in [0.2, 0.25) is 0 Å². The summed E-state index contributed by atoms with van der Waals surface area (Å²) < 4.78 is 11.0. The zero-order valence-corrected chi connectivity index (χ0v) is 15.1. The van der Waals surface area contributed by atoms with Gasteiger partial charge < -0.3 is 19.5 Å². The van der Waals surface area contributed by atoms with E-state index in [-0.39, 0.29) is 24.2 Å². The van der Waals surface area contributed by atoms with Crippen LogP contribution in [0.25, 0.3) is 0 Å². The van der Waals surface area contributed by atoms with Crippen molar-refractivity contribution in [3.05, 3.63) is 24.3 Å². The quantitative estimate of drug-likeness (QED) is 0.733. The van der Waals surface area contributed by atoms with E-state index in [2.05, 4.69) is 0 Å². The number of ketones is 1. The number of thioether (sulfide) groups is 1. The van der Waals surface area contributed by atoms with Crippen LogP contribution < -0.4 is 9.47 Å². The Hall–Kier alpha value is -1.80. The number of carbonyl (C=O) groups excluding carboxylic acids is 1. The van der Waals surface area contributed by atoms with Gasteiger partial charge in [-0.05, 0) is 19.1 Å². The second-order valence-electron chi connectivity index (χ2n) is 5.28. The van der Waals surface area contributed by atoms with Crippen LogP contribution in [-0.2, 0) is 9.59 Å². The van der Waals surface area contributed by atoms with Gasteiger partial charge in [0.05, 0.1) is 18.5 Å². The first kappa shape index (κ1) is 18.5. The predicted octanol–water partition coefficient (Wildman–Crippen LogP) is 2.21. The van der Waals surface area contributed by atoms with Crippen molar-refractivity contribution in [3.8, 4) is 11.5 Å². The van der Waals surface area contributed by atoms with Gasteiger partial charge >= 0.3 is 5.97 Å². The van der Waals surface area contributed by atoms with Gasteiger partial charge in [-0.3, -0.25) is 4.79 Å². The predicted molar refractivity (Wildman–Crippen MR) is 95.9 cm³/mol. The highest BCUT2D eigenvalue weighted by atomic mass is 32.2. The van der Waals surface area contributed by atoms with Gasteiger partial charge in [-0.2, -0.15) is 0 Å². The average molecular weight is 369 g/mol. The molecule has 0 amide bonds. The molecule has 1 aliphatic rings. The Morgan fingerprint density at radius 2 is 2.04 bits per heavy atom. The molecular formula is C16H19NO5S2. The number of nitrogens with zero attached hydrogens (tertiary/aromatic N) is 1. The summed E-state index contributed by atoms with van der Waals surface area (Å²) >= 11 is 6.75. The molecule has 2 atom stereocenters. The van der Waals surface area contributed by atoms with Crippen LogP contribution in [0.15, 0.2) is 24.3 Å². The number of carboxylic acids is 1. The first-order valence-electron chi connectivity index (χ1n) is 7.35. The van der Waals surface area contributed by atoms with Gasteiger partial charge in [-0.1, -0.05) is 24.4 Å². The van der Waals surface area contributed by atoms with Crippen LogP contribution in [-0.4, -0.2) is 57.6 Å². The Morgan fingerprint density at radius 3 is 2.62 bits per heavy atom. The van der Waals surface area contributed by atoms with Crippen molar-refractivity contribution in [1.82, 2.24) is 4.90 Å². The van der Waals surface area contributed by atoms with Crippen molar-refractivity contribution in [1.29, 1.82) is 0 Å². The van der Waals surface area contributed by atoms with Crippen molar-refractivity contribution in [3.63, 3.8) is 0 Å². The van der Waals surface area contributed by atoms with E-state index in [0.29, 0.717) is 22.2 Å². The van der Waals surface area contributed by atoms with E-state index in [9.17, 15) is 14.7 Å². The molecule has 2 unspecified atom stereocenters. The minimum atomic E-state index is -0.951. The van der Waals surface area contributed by atoms with E-state index in [0.717, 1.165) is 0 Å². The molecule has 130 valence electrons. The third kappa shape index (κ3) is 4.39. The van der Waals surface area contributed by atoms with E-state index >= 15 is 0 Å². The maximum Gasteiger partial charge on any atom is 0.327 e. The standard InChI is InChI=1S/C16H19NO5S2/c1-10(18)7-14(23)17-11(16(19)20)9-24-15(17)8-22-13-6-4-3-5-12(13)21-2/h3-6,11,15H,7-9H2,1-2H3,(H,19,20). The van der Waals surface area contributed by atoms with Gasteiger partial charge in [0, 0.05) is 5.75 Å². The first-order valence-corrected chi connectivity index (χ1v) is 8.80. The number of methoxy groups -OCH3 is 1. The first-order chi connectivity index (χ1) is 11.4.